The molecule has 5 nitrogen and oxygen atoms in total. The zero-order valence-electron chi connectivity index (χ0n) is 14.1. The van der Waals surface area contributed by atoms with Gasteiger partial charge in [-0.3, -0.25) is 9.59 Å². The maximum atomic E-state index is 13.6. The molecule has 2 rings (SSSR count). The van der Waals surface area contributed by atoms with Crippen LogP contribution in [0.5, 0.6) is 5.75 Å². The van der Waals surface area contributed by atoms with Gasteiger partial charge in [0.2, 0.25) is 0 Å². The van der Waals surface area contributed by atoms with Gasteiger partial charge in [0.15, 0.2) is 18.2 Å². The van der Waals surface area contributed by atoms with Crippen molar-refractivity contribution in [3.63, 3.8) is 0 Å². The first-order chi connectivity index (χ1) is 12.0. The fourth-order valence-corrected chi connectivity index (χ4v) is 2.29. The average Bonchev–Trinajstić information content (AvgIpc) is 2.61. The van der Waals surface area contributed by atoms with E-state index in [2.05, 4.69) is 5.32 Å². The summed E-state index contributed by atoms with van der Waals surface area (Å²) in [5.74, 6) is -1.45. The molecule has 0 bridgehead atoms. The lowest BCUT2D eigenvalue weighted by Crippen LogP contribution is -2.31. The number of rotatable bonds is 7. The number of halogens is 1. The molecule has 0 aromatic heterocycles. The molecule has 1 N–H and O–H groups in total. The van der Waals surface area contributed by atoms with E-state index >= 15 is 0 Å². The maximum Gasteiger partial charge on any atom is 0.310 e. The minimum Gasteiger partial charge on any atom is -0.494 e. The van der Waals surface area contributed by atoms with Gasteiger partial charge in [-0.1, -0.05) is 36.4 Å². The molecular weight excluding hydrogens is 325 g/mol. The third-order valence-corrected chi connectivity index (χ3v) is 3.61. The molecule has 0 saturated heterocycles. The van der Waals surface area contributed by atoms with Gasteiger partial charge in [-0.05, 0) is 30.2 Å². The van der Waals surface area contributed by atoms with Crippen LogP contribution < -0.4 is 10.1 Å². The van der Waals surface area contributed by atoms with Crippen molar-refractivity contribution in [2.24, 2.45) is 0 Å². The Morgan fingerprint density at radius 2 is 1.88 bits per heavy atom. The van der Waals surface area contributed by atoms with Gasteiger partial charge >= 0.3 is 5.97 Å². The number of hydrogen-bond donors (Lipinski definition) is 1. The highest BCUT2D eigenvalue weighted by molar-refractivity contribution is 5.81. The zero-order chi connectivity index (χ0) is 18.2. The molecule has 0 unspecified atom stereocenters. The Balaban J connectivity index is 1.79. The molecule has 0 aliphatic heterocycles. The second kappa shape index (κ2) is 8.82. The molecule has 1 amide bonds. The minimum absolute atomic E-state index is 0.103. The molecule has 0 saturated carbocycles. The summed E-state index contributed by atoms with van der Waals surface area (Å²) in [4.78, 5) is 23.6. The van der Waals surface area contributed by atoms with Crippen molar-refractivity contribution in [3.8, 4) is 5.75 Å². The Hall–Kier alpha value is -2.89. The number of hydrogen-bond acceptors (Lipinski definition) is 4. The summed E-state index contributed by atoms with van der Waals surface area (Å²) >= 11 is 0. The molecule has 0 fully saturated rings. The van der Waals surface area contributed by atoms with Crippen molar-refractivity contribution in [1.29, 1.82) is 0 Å². The van der Waals surface area contributed by atoms with E-state index < -0.39 is 17.7 Å². The van der Waals surface area contributed by atoms with E-state index in [9.17, 15) is 14.0 Å². The average molecular weight is 345 g/mol. The highest BCUT2D eigenvalue weighted by Gasteiger charge is 2.13. The third-order valence-electron chi connectivity index (χ3n) is 3.61. The summed E-state index contributed by atoms with van der Waals surface area (Å²) < 4.78 is 23.3. The molecule has 0 heterocycles. The van der Waals surface area contributed by atoms with Crippen molar-refractivity contribution < 1.29 is 23.5 Å². The van der Waals surface area contributed by atoms with Crippen molar-refractivity contribution in [2.75, 3.05) is 13.7 Å². The van der Waals surface area contributed by atoms with Crippen LogP contribution in [0.1, 0.15) is 24.1 Å². The van der Waals surface area contributed by atoms with E-state index in [0.717, 1.165) is 5.56 Å². The van der Waals surface area contributed by atoms with Crippen LogP contribution in [0.15, 0.2) is 48.5 Å². The Morgan fingerprint density at radius 3 is 2.52 bits per heavy atom. The van der Waals surface area contributed by atoms with E-state index in [1.807, 2.05) is 37.3 Å². The Morgan fingerprint density at radius 1 is 1.16 bits per heavy atom. The number of esters is 1. The summed E-state index contributed by atoms with van der Waals surface area (Å²) in [5, 5.41) is 2.75. The second-order valence-corrected chi connectivity index (χ2v) is 5.51. The normalized spacial score (nSPS) is 11.5. The summed E-state index contributed by atoms with van der Waals surface area (Å²) in [7, 11) is 1.36. The number of ether oxygens (including phenoxy) is 2. The molecule has 0 aliphatic rings. The van der Waals surface area contributed by atoms with E-state index in [1.165, 1.54) is 19.2 Å². The third kappa shape index (κ3) is 5.60. The van der Waals surface area contributed by atoms with E-state index in [0.29, 0.717) is 5.56 Å². The van der Waals surface area contributed by atoms with Crippen molar-refractivity contribution >= 4 is 11.9 Å². The smallest absolute Gasteiger partial charge is 0.310 e. The predicted octanol–water partition coefficient (Wildman–Crippen LogP) is 2.80. The predicted molar refractivity (Wildman–Crippen MR) is 90.6 cm³/mol. The highest BCUT2D eigenvalue weighted by atomic mass is 19.1. The maximum absolute atomic E-state index is 13.6. The largest absolute Gasteiger partial charge is 0.494 e. The van der Waals surface area contributed by atoms with Crippen LogP contribution in [0, 0.1) is 5.82 Å². The van der Waals surface area contributed by atoms with E-state index in [-0.39, 0.29) is 24.8 Å². The lowest BCUT2D eigenvalue weighted by Gasteiger charge is -2.14. The summed E-state index contributed by atoms with van der Waals surface area (Å²) in [5.41, 5.74) is 1.40. The molecule has 1 atom stereocenters. The quantitative estimate of drug-likeness (QED) is 0.784. The molecule has 6 heteroatoms. The number of benzene rings is 2. The van der Waals surface area contributed by atoms with Gasteiger partial charge in [-0.2, -0.15) is 0 Å². The van der Waals surface area contributed by atoms with E-state index in [4.69, 9.17) is 9.47 Å². The van der Waals surface area contributed by atoms with Gasteiger partial charge in [0.05, 0.1) is 19.6 Å². The number of amides is 1. The summed E-state index contributed by atoms with van der Waals surface area (Å²) in [6, 6.07) is 13.5. The topological polar surface area (TPSA) is 64.6 Å². The Bertz CT molecular complexity index is 733. The fourth-order valence-electron chi connectivity index (χ4n) is 2.29. The van der Waals surface area contributed by atoms with Crippen LogP contribution in [0.4, 0.5) is 4.39 Å². The lowest BCUT2D eigenvalue weighted by atomic mass is 10.1. The molecule has 25 heavy (non-hydrogen) atoms. The van der Waals surface area contributed by atoms with Crippen LogP contribution in [0.2, 0.25) is 0 Å². The first-order valence-corrected chi connectivity index (χ1v) is 7.82. The van der Waals surface area contributed by atoms with Gasteiger partial charge in [0, 0.05) is 0 Å². The molecule has 0 spiro atoms. The van der Waals surface area contributed by atoms with E-state index in [1.54, 1.807) is 6.07 Å². The molecule has 0 radical (unpaired) electrons. The SMILES string of the molecule is COc1ccc(CC(=O)OCC(=O)N[C@@H](C)c2ccccc2)cc1F. The highest BCUT2D eigenvalue weighted by Crippen LogP contribution is 2.18. The second-order valence-electron chi connectivity index (χ2n) is 5.51. The van der Waals surface area contributed by atoms with Gasteiger partial charge in [-0.15, -0.1) is 0 Å². The molecule has 2 aromatic rings. The van der Waals surface area contributed by atoms with Gasteiger partial charge in [0.25, 0.3) is 5.91 Å². The van der Waals surface area contributed by atoms with Crippen LogP contribution in [-0.4, -0.2) is 25.6 Å². The minimum atomic E-state index is -0.605. The summed E-state index contributed by atoms with van der Waals surface area (Å²) in [6.07, 6.45) is -0.123. The fraction of sp³-hybridized carbons (Fsp3) is 0.263. The van der Waals surface area contributed by atoms with Crippen LogP contribution in [0.25, 0.3) is 0 Å². The molecule has 132 valence electrons. The van der Waals surface area contributed by atoms with Gasteiger partial charge < -0.3 is 14.8 Å². The molecular formula is C19H20FNO4. The van der Waals surface area contributed by atoms with Crippen molar-refractivity contribution in [2.45, 2.75) is 19.4 Å². The number of nitrogens with one attached hydrogen (secondary N) is 1. The lowest BCUT2D eigenvalue weighted by molar-refractivity contribution is -0.148. The van der Waals surface area contributed by atoms with Gasteiger partial charge in [0.1, 0.15) is 0 Å². The Kier molecular flexibility index (Phi) is 6.51. The zero-order valence-corrected chi connectivity index (χ0v) is 14.1. The number of methoxy groups -OCH3 is 1. The van der Waals surface area contributed by atoms with Crippen LogP contribution >= 0.6 is 0 Å². The molecule has 2 aromatic carbocycles. The Labute approximate surface area is 145 Å². The standard InChI is InChI=1S/C19H20FNO4/c1-13(15-6-4-3-5-7-15)21-18(22)12-25-19(23)11-14-8-9-17(24-2)16(20)10-14/h3-10,13H,11-12H2,1-2H3,(H,21,22)/t13-/m0/s1. The van der Waals surface area contributed by atoms with Crippen molar-refractivity contribution in [3.05, 3.63) is 65.5 Å². The van der Waals surface area contributed by atoms with Crippen LogP contribution in [0.3, 0.4) is 0 Å². The number of carbonyl (C=O) groups is 2. The van der Waals surface area contributed by atoms with Crippen LogP contribution in [-0.2, 0) is 20.7 Å². The first kappa shape index (κ1) is 18.4. The molecule has 0 aliphatic carbocycles. The number of carbonyl (C=O) groups excluding carboxylic acids is 2. The van der Waals surface area contributed by atoms with Crippen molar-refractivity contribution in [1.82, 2.24) is 5.32 Å². The summed E-state index contributed by atoms with van der Waals surface area (Å²) in [6.45, 7) is 1.46. The monoisotopic (exact) mass is 345 g/mol. The first-order valence-electron chi connectivity index (χ1n) is 7.82. The van der Waals surface area contributed by atoms with Gasteiger partial charge in [-0.25, -0.2) is 4.39 Å².